The van der Waals surface area contributed by atoms with Gasteiger partial charge in [0.15, 0.2) is 5.11 Å². The molecule has 28 heavy (non-hydrogen) atoms. The lowest BCUT2D eigenvalue weighted by atomic mass is 9.94. The summed E-state index contributed by atoms with van der Waals surface area (Å²) >= 11 is 5.33. The predicted molar refractivity (Wildman–Crippen MR) is 120 cm³/mol. The van der Waals surface area contributed by atoms with Gasteiger partial charge in [-0.25, -0.2) is 0 Å². The zero-order chi connectivity index (χ0) is 20.4. The van der Waals surface area contributed by atoms with Crippen molar-refractivity contribution in [2.75, 3.05) is 24.3 Å². The Hall–Kier alpha value is -2.86. The maximum absolute atomic E-state index is 13.1. The van der Waals surface area contributed by atoms with Crippen LogP contribution in [-0.4, -0.2) is 25.1 Å². The summed E-state index contributed by atoms with van der Waals surface area (Å²) in [5.41, 5.74) is 6.58. The monoisotopic (exact) mass is 394 g/mol. The van der Waals surface area contributed by atoms with E-state index in [1.165, 1.54) is 5.56 Å². The van der Waals surface area contributed by atoms with E-state index < -0.39 is 0 Å². The third kappa shape index (κ3) is 4.17. The Balaban J connectivity index is 1.92. The van der Waals surface area contributed by atoms with Gasteiger partial charge >= 0.3 is 0 Å². The summed E-state index contributed by atoms with van der Waals surface area (Å²) in [6.07, 6.45) is 0. The molecule has 1 atom stereocenters. The first-order chi connectivity index (χ1) is 13.3. The number of thiocarbonyl (C=S) groups is 1. The number of carbonyl (C=O) groups is 1. The maximum Gasteiger partial charge on any atom is 0.255 e. The topological polar surface area (TPSA) is 56.4 Å². The summed E-state index contributed by atoms with van der Waals surface area (Å²) < 4.78 is 0. The van der Waals surface area contributed by atoms with Gasteiger partial charge in [0.25, 0.3) is 5.91 Å². The molecule has 0 radical (unpaired) electrons. The van der Waals surface area contributed by atoms with Crippen LogP contribution in [0.25, 0.3) is 0 Å². The van der Waals surface area contributed by atoms with E-state index in [0.29, 0.717) is 10.7 Å². The van der Waals surface area contributed by atoms with Crippen molar-refractivity contribution in [3.63, 3.8) is 0 Å². The lowest BCUT2D eigenvalue weighted by molar-refractivity contribution is -0.113. The zero-order valence-corrected chi connectivity index (χ0v) is 17.7. The van der Waals surface area contributed by atoms with E-state index in [1.807, 2.05) is 75.3 Å². The highest BCUT2D eigenvalue weighted by Crippen LogP contribution is 2.29. The standard InChI is InChI=1S/C22H26N4OS/c1-13-6-9-17(12-14(13)2)24-21(27)19-15(3)23-22(28)25-20(19)16-7-10-18(11-8-16)26(4)5/h6-12,20H,1-5H3,(H,24,27)(H2,23,25,28). The van der Waals surface area contributed by atoms with Crippen LogP contribution in [0, 0.1) is 13.8 Å². The maximum atomic E-state index is 13.1. The Morgan fingerprint density at radius 3 is 2.32 bits per heavy atom. The van der Waals surface area contributed by atoms with E-state index in [1.54, 1.807) is 0 Å². The van der Waals surface area contributed by atoms with Gasteiger partial charge in [-0.05, 0) is 73.9 Å². The lowest BCUT2D eigenvalue weighted by Gasteiger charge is -2.30. The molecule has 0 aliphatic carbocycles. The molecule has 2 aromatic carbocycles. The highest BCUT2D eigenvalue weighted by Gasteiger charge is 2.30. The van der Waals surface area contributed by atoms with Gasteiger partial charge in [-0.15, -0.1) is 0 Å². The highest BCUT2D eigenvalue weighted by atomic mass is 32.1. The number of hydrogen-bond donors (Lipinski definition) is 3. The average Bonchev–Trinajstić information content (AvgIpc) is 2.64. The van der Waals surface area contributed by atoms with E-state index in [-0.39, 0.29) is 11.9 Å². The molecule has 146 valence electrons. The first-order valence-corrected chi connectivity index (χ1v) is 9.61. The number of carbonyl (C=O) groups excluding carboxylic acids is 1. The first kappa shape index (κ1) is 19.9. The summed E-state index contributed by atoms with van der Waals surface area (Å²) in [4.78, 5) is 15.2. The molecule has 1 heterocycles. The number of anilines is 2. The van der Waals surface area contributed by atoms with Crippen molar-refractivity contribution in [1.29, 1.82) is 0 Å². The number of nitrogens with one attached hydrogen (secondary N) is 3. The fourth-order valence-corrected chi connectivity index (χ4v) is 3.50. The molecule has 2 aromatic rings. The van der Waals surface area contributed by atoms with Crippen LogP contribution in [0.3, 0.4) is 0 Å². The van der Waals surface area contributed by atoms with Crippen LogP contribution in [0.2, 0.25) is 0 Å². The molecule has 0 spiro atoms. The van der Waals surface area contributed by atoms with Crippen LogP contribution < -0.4 is 20.9 Å². The number of aryl methyl sites for hydroxylation is 2. The fourth-order valence-electron chi connectivity index (χ4n) is 3.23. The molecule has 0 saturated heterocycles. The van der Waals surface area contributed by atoms with Crippen LogP contribution in [0.5, 0.6) is 0 Å². The molecule has 0 aromatic heterocycles. The van der Waals surface area contributed by atoms with E-state index in [4.69, 9.17) is 12.2 Å². The molecule has 0 fully saturated rings. The van der Waals surface area contributed by atoms with Gasteiger partial charge in [0.05, 0.1) is 11.6 Å². The first-order valence-electron chi connectivity index (χ1n) is 9.20. The average molecular weight is 395 g/mol. The Bertz CT molecular complexity index is 948. The van der Waals surface area contributed by atoms with Crippen LogP contribution in [-0.2, 0) is 4.79 Å². The van der Waals surface area contributed by atoms with Crippen molar-refractivity contribution in [3.05, 3.63) is 70.4 Å². The smallest absolute Gasteiger partial charge is 0.255 e. The second kappa shape index (κ2) is 8.02. The molecule has 5 nitrogen and oxygen atoms in total. The third-order valence-electron chi connectivity index (χ3n) is 5.02. The van der Waals surface area contributed by atoms with Crippen molar-refractivity contribution < 1.29 is 4.79 Å². The lowest BCUT2D eigenvalue weighted by Crippen LogP contribution is -2.45. The molecule has 1 aliphatic heterocycles. The predicted octanol–water partition coefficient (Wildman–Crippen LogP) is 3.80. The molecule has 0 saturated carbocycles. The van der Waals surface area contributed by atoms with Gasteiger partial charge in [0.1, 0.15) is 0 Å². The minimum Gasteiger partial charge on any atom is -0.378 e. The Labute approximate surface area is 171 Å². The van der Waals surface area contributed by atoms with E-state index in [0.717, 1.165) is 28.2 Å². The van der Waals surface area contributed by atoms with Gasteiger partial charge in [0.2, 0.25) is 0 Å². The molecule has 1 amide bonds. The minimum atomic E-state index is -0.309. The molecule has 3 rings (SSSR count). The number of hydrogen-bond acceptors (Lipinski definition) is 3. The Morgan fingerprint density at radius 1 is 1.04 bits per heavy atom. The van der Waals surface area contributed by atoms with Gasteiger partial charge < -0.3 is 20.9 Å². The fraction of sp³-hybridized carbons (Fsp3) is 0.273. The molecule has 0 bridgehead atoms. The third-order valence-corrected chi connectivity index (χ3v) is 5.24. The molecular formula is C22H26N4OS. The summed E-state index contributed by atoms with van der Waals surface area (Å²) in [5.74, 6) is -0.148. The summed E-state index contributed by atoms with van der Waals surface area (Å²) in [5, 5.41) is 9.86. The SMILES string of the molecule is CC1=C(C(=O)Nc2ccc(C)c(C)c2)C(c2ccc(N(C)C)cc2)NC(=S)N1. The van der Waals surface area contributed by atoms with Crippen molar-refractivity contribution in [3.8, 4) is 0 Å². The summed E-state index contributed by atoms with van der Waals surface area (Å²) in [6.45, 7) is 5.97. The number of benzene rings is 2. The molecule has 6 heteroatoms. The Kier molecular flexibility index (Phi) is 5.70. The van der Waals surface area contributed by atoms with E-state index in [2.05, 4.69) is 22.9 Å². The van der Waals surface area contributed by atoms with Gasteiger partial charge in [0, 0.05) is 31.2 Å². The van der Waals surface area contributed by atoms with Crippen molar-refractivity contribution in [2.45, 2.75) is 26.8 Å². The number of nitrogens with zero attached hydrogens (tertiary/aromatic N) is 1. The van der Waals surface area contributed by atoms with Gasteiger partial charge in [-0.3, -0.25) is 4.79 Å². The molecule has 1 unspecified atom stereocenters. The molecular weight excluding hydrogens is 368 g/mol. The van der Waals surface area contributed by atoms with Crippen molar-refractivity contribution in [1.82, 2.24) is 10.6 Å². The largest absolute Gasteiger partial charge is 0.378 e. The van der Waals surface area contributed by atoms with Crippen molar-refractivity contribution in [2.24, 2.45) is 0 Å². The zero-order valence-electron chi connectivity index (χ0n) is 16.9. The van der Waals surface area contributed by atoms with Crippen LogP contribution in [0.15, 0.2) is 53.7 Å². The van der Waals surface area contributed by atoms with E-state index in [9.17, 15) is 4.79 Å². The van der Waals surface area contributed by atoms with Crippen LogP contribution in [0.4, 0.5) is 11.4 Å². The Morgan fingerprint density at radius 2 is 1.71 bits per heavy atom. The number of rotatable bonds is 4. The second-order valence-corrected chi connectivity index (χ2v) is 7.72. The minimum absolute atomic E-state index is 0.148. The normalized spacial score (nSPS) is 16.3. The summed E-state index contributed by atoms with van der Waals surface area (Å²) in [6, 6.07) is 13.7. The highest BCUT2D eigenvalue weighted by molar-refractivity contribution is 7.80. The van der Waals surface area contributed by atoms with Gasteiger partial charge in [-0.2, -0.15) is 0 Å². The molecule has 3 N–H and O–H groups in total. The van der Waals surface area contributed by atoms with Gasteiger partial charge in [-0.1, -0.05) is 18.2 Å². The van der Waals surface area contributed by atoms with E-state index >= 15 is 0 Å². The quantitative estimate of drug-likeness (QED) is 0.689. The second-order valence-electron chi connectivity index (χ2n) is 7.31. The van der Waals surface area contributed by atoms with Crippen LogP contribution in [0.1, 0.15) is 29.7 Å². The molecule has 1 aliphatic rings. The number of allylic oxidation sites excluding steroid dienone is 1. The van der Waals surface area contributed by atoms with Crippen LogP contribution >= 0.6 is 12.2 Å². The van der Waals surface area contributed by atoms with Crippen molar-refractivity contribution >= 4 is 34.6 Å². The summed E-state index contributed by atoms with van der Waals surface area (Å²) in [7, 11) is 4.00. The number of amides is 1.